The highest BCUT2D eigenvalue weighted by Gasteiger charge is 2.46. The summed E-state index contributed by atoms with van der Waals surface area (Å²) in [5.41, 5.74) is 2.04. The highest BCUT2D eigenvalue weighted by molar-refractivity contribution is 6.46. The van der Waals surface area contributed by atoms with Crippen molar-refractivity contribution in [2.75, 3.05) is 6.61 Å². The van der Waals surface area contributed by atoms with Gasteiger partial charge in [0.15, 0.2) is 0 Å². The van der Waals surface area contributed by atoms with E-state index in [9.17, 15) is 14.7 Å². The van der Waals surface area contributed by atoms with E-state index in [2.05, 4.69) is 4.98 Å². The Morgan fingerprint density at radius 1 is 1.06 bits per heavy atom. The van der Waals surface area contributed by atoms with Crippen LogP contribution in [0.1, 0.15) is 36.1 Å². The number of aliphatic hydroxyl groups excluding tert-OH is 1. The van der Waals surface area contributed by atoms with Crippen LogP contribution in [0, 0.1) is 0 Å². The summed E-state index contributed by atoms with van der Waals surface area (Å²) in [6.07, 6.45) is 4.17. The molecule has 1 fully saturated rings. The number of carbonyl (C=O) groups is 2. The van der Waals surface area contributed by atoms with Gasteiger partial charge in [0.05, 0.1) is 18.2 Å². The molecule has 0 saturated carbocycles. The molecule has 1 aliphatic heterocycles. The number of ether oxygens (including phenoxy) is 1. The molecule has 2 aromatic carbocycles. The van der Waals surface area contributed by atoms with Crippen molar-refractivity contribution in [2.45, 2.75) is 25.9 Å². The molecule has 1 atom stereocenters. The van der Waals surface area contributed by atoms with Crippen LogP contribution in [0.4, 0.5) is 0 Å². The molecular formula is C26H24N2O4. The molecule has 0 spiro atoms. The Labute approximate surface area is 186 Å². The highest BCUT2D eigenvalue weighted by Crippen LogP contribution is 2.40. The van der Waals surface area contributed by atoms with E-state index in [1.54, 1.807) is 42.7 Å². The molecule has 0 bridgehead atoms. The van der Waals surface area contributed by atoms with Gasteiger partial charge in [-0.15, -0.1) is 0 Å². The fraction of sp³-hybridized carbons (Fsp3) is 0.192. The van der Waals surface area contributed by atoms with E-state index in [0.717, 1.165) is 17.5 Å². The fourth-order valence-corrected chi connectivity index (χ4v) is 3.82. The molecular weight excluding hydrogens is 404 g/mol. The van der Waals surface area contributed by atoms with E-state index in [1.807, 2.05) is 43.3 Å². The molecule has 3 aromatic rings. The lowest BCUT2D eigenvalue weighted by Gasteiger charge is -2.25. The average molecular weight is 428 g/mol. The lowest BCUT2D eigenvalue weighted by Crippen LogP contribution is -2.29. The van der Waals surface area contributed by atoms with Gasteiger partial charge in [-0.1, -0.05) is 55.5 Å². The summed E-state index contributed by atoms with van der Waals surface area (Å²) < 4.78 is 5.67. The van der Waals surface area contributed by atoms with Crippen molar-refractivity contribution in [3.8, 4) is 5.75 Å². The van der Waals surface area contributed by atoms with Crippen molar-refractivity contribution in [3.63, 3.8) is 0 Å². The van der Waals surface area contributed by atoms with Crippen molar-refractivity contribution >= 4 is 17.4 Å². The van der Waals surface area contributed by atoms with Gasteiger partial charge in [-0.2, -0.15) is 0 Å². The Bertz CT molecular complexity index is 1140. The van der Waals surface area contributed by atoms with Gasteiger partial charge in [-0.05, 0) is 35.7 Å². The second-order valence-electron chi connectivity index (χ2n) is 7.58. The van der Waals surface area contributed by atoms with E-state index in [1.165, 1.54) is 4.90 Å². The number of amides is 1. The number of aliphatic hydroxyl groups is 1. The summed E-state index contributed by atoms with van der Waals surface area (Å²) in [6.45, 7) is 2.76. The number of rotatable bonds is 7. The van der Waals surface area contributed by atoms with Crippen LogP contribution < -0.4 is 4.74 Å². The van der Waals surface area contributed by atoms with Gasteiger partial charge < -0.3 is 14.7 Å². The maximum atomic E-state index is 13.1. The first-order chi connectivity index (χ1) is 15.6. The minimum Gasteiger partial charge on any atom is -0.507 e. The van der Waals surface area contributed by atoms with Gasteiger partial charge in [0.2, 0.25) is 0 Å². The number of carbonyl (C=O) groups excluding carboxylic acids is 2. The minimum absolute atomic E-state index is 0.0673. The van der Waals surface area contributed by atoms with E-state index < -0.39 is 17.7 Å². The summed E-state index contributed by atoms with van der Waals surface area (Å²) in [7, 11) is 0. The molecule has 162 valence electrons. The molecule has 1 N–H and O–H groups in total. The molecule has 4 rings (SSSR count). The number of hydrogen-bond donors (Lipinski definition) is 1. The third kappa shape index (κ3) is 4.25. The molecule has 0 aliphatic carbocycles. The second kappa shape index (κ2) is 9.47. The Balaban J connectivity index is 1.80. The second-order valence-corrected chi connectivity index (χ2v) is 7.58. The number of pyridine rings is 1. The van der Waals surface area contributed by atoms with Crippen molar-refractivity contribution < 1.29 is 19.4 Å². The van der Waals surface area contributed by atoms with Crippen LogP contribution in [0.15, 0.2) is 84.7 Å². The van der Waals surface area contributed by atoms with Gasteiger partial charge >= 0.3 is 0 Å². The van der Waals surface area contributed by atoms with Gasteiger partial charge in [-0.25, -0.2) is 0 Å². The van der Waals surface area contributed by atoms with Crippen molar-refractivity contribution in [1.29, 1.82) is 0 Å². The van der Waals surface area contributed by atoms with Gasteiger partial charge in [0.1, 0.15) is 11.5 Å². The maximum absolute atomic E-state index is 13.1. The monoisotopic (exact) mass is 428 g/mol. The number of Topliss-reactive ketones (excluding diaryl/α,β-unsaturated/α-hetero) is 1. The van der Waals surface area contributed by atoms with Gasteiger partial charge in [0, 0.05) is 24.5 Å². The largest absolute Gasteiger partial charge is 0.507 e. The number of likely N-dealkylation sites (tertiary alicyclic amines) is 1. The Kier molecular flexibility index (Phi) is 6.31. The molecule has 1 amide bonds. The summed E-state index contributed by atoms with van der Waals surface area (Å²) in [5.74, 6) is -0.979. The first kappa shape index (κ1) is 21.3. The van der Waals surface area contributed by atoms with Crippen LogP contribution in [0.3, 0.4) is 0 Å². The van der Waals surface area contributed by atoms with Crippen molar-refractivity contribution in [1.82, 2.24) is 9.88 Å². The van der Waals surface area contributed by atoms with Crippen LogP contribution in [0.5, 0.6) is 5.75 Å². The SMILES string of the molecule is CCCOc1cccc(/C(O)=C2/C(=O)C(=O)N(Cc3cccnc3)C2c2ccccc2)c1. The lowest BCUT2D eigenvalue weighted by molar-refractivity contribution is -0.140. The molecule has 1 aromatic heterocycles. The van der Waals surface area contributed by atoms with E-state index in [4.69, 9.17) is 4.74 Å². The average Bonchev–Trinajstić information content (AvgIpc) is 3.08. The third-order valence-electron chi connectivity index (χ3n) is 5.31. The van der Waals surface area contributed by atoms with Crippen LogP contribution in [-0.2, 0) is 16.1 Å². The van der Waals surface area contributed by atoms with Crippen molar-refractivity contribution in [2.24, 2.45) is 0 Å². The van der Waals surface area contributed by atoms with Crippen LogP contribution >= 0.6 is 0 Å². The number of nitrogens with zero attached hydrogens (tertiary/aromatic N) is 2. The van der Waals surface area contributed by atoms with E-state index in [-0.39, 0.29) is 17.9 Å². The third-order valence-corrected chi connectivity index (χ3v) is 5.31. The van der Waals surface area contributed by atoms with Gasteiger partial charge in [-0.3, -0.25) is 14.6 Å². The van der Waals surface area contributed by atoms with Crippen LogP contribution in [0.2, 0.25) is 0 Å². The Morgan fingerprint density at radius 2 is 1.88 bits per heavy atom. The summed E-state index contributed by atoms with van der Waals surface area (Å²) in [5, 5.41) is 11.2. The number of aromatic nitrogens is 1. The predicted molar refractivity (Wildman–Crippen MR) is 121 cm³/mol. The molecule has 1 aliphatic rings. The predicted octanol–water partition coefficient (Wildman–Crippen LogP) is 4.49. The molecule has 6 heteroatoms. The minimum atomic E-state index is -0.711. The maximum Gasteiger partial charge on any atom is 0.295 e. The molecule has 0 radical (unpaired) electrons. The summed E-state index contributed by atoms with van der Waals surface area (Å²) in [4.78, 5) is 31.7. The first-order valence-electron chi connectivity index (χ1n) is 10.6. The normalized spacial score (nSPS) is 17.5. The first-order valence-corrected chi connectivity index (χ1v) is 10.6. The summed E-state index contributed by atoms with van der Waals surface area (Å²) in [6, 6.07) is 19.1. The van der Waals surface area contributed by atoms with E-state index in [0.29, 0.717) is 17.9 Å². The quantitative estimate of drug-likeness (QED) is 0.341. The number of ketones is 1. The molecule has 6 nitrogen and oxygen atoms in total. The molecule has 1 unspecified atom stereocenters. The van der Waals surface area contributed by atoms with Crippen LogP contribution in [0.25, 0.3) is 5.76 Å². The van der Waals surface area contributed by atoms with E-state index >= 15 is 0 Å². The zero-order chi connectivity index (χ0) is 22.5. The highest BCUT2D eigenvalue weighted by atomic mass is 16.5. The summed E-state index contributed by atoms with van der Waals surface area (Å²) >= 11 is 0. The lowest BCUT2D eigenvalue weighted by atomic mass is 9.95. The number of hydrogen-bond acceptors (Lipinski definition) is 5. The zero-order valence-electron chi connectivity index (χ0n) is 17.8. The number of benzene rings is 2. The standard InChI is InChI=1S/C26H24N2O4/c1-2-14-32-21-12-6-11-20(15-21)24(29)22-23(19-9-4-3-5-10-19)28(26(31)25(22)30)17-18-8-7-13-27-16-18/h3-13,15-16,23,29H,2,14,17H2,1H3/b24-22-. The fourth-order valence-electron chi connectivity index (χ4n) is 3.82. The molecule has 32 heavy (non-hydrogen) atoms. The molecule has 1 saturated heterocycles. The van der Waals surface area contributed by atoms with Gasteiger partial charge in [0.25, 0.3) is 11.7 Å². The van der Waals surface area contributed by atoms with Crippen LogP contribution in [-0.4, -0.2) is 33.3 Å². The smallest absolute Gasteiger partial charge is 0.295 e. The zero-order valence-corrected chi connectivity index (χ0v) is 17.8. The Morgan fingerprint density at radius 3 is 2.59 bits per heavy atom. The molecule has 2 heterocycles. The Hall–Kier alpha value is -3.93. The topological polar surface area (TPSA) is 79.7 Å². The van der Waals surface area contributed by atoms with Crippen molar-refractivity contribution in [3.05, 3.63) is 101 Å².